The second-order valence-electron chi connectivity index (χ2n) is 5.24. The average molecular weight is 306 g/mol. The fourth-order valence-corrected chi connectivity index (χ4v) is 3.26. The first-order valence-corrected chi connectivity index (χ1v) is 8.44. The molecule has 0 aromatic carbocycles. The molecule has 1 heterocycles. The molecule has 1 amide bonds. The molecule has 0 aliphatic heterocycles. The van der Waals surface area contributed by atoms with E-state index < -0.39 is 6.10 Å². The number of hydrogen-bond donors (Lipinski definition) is 0. The first-order valence-electron chi connectivity index (χ1n) is 7.56. The van der Waals surface area contributed by atoms with Crippen molar-refractivity contribution in [2.75, 3.05) is 11.4 Å². The Kier molecular flexibility index (Phi) is 6.21. The van der Waals surface area contributed by atoms with Gasteiger partial charge >= 0.3 is 0 Å². The van der Waals surface area contributed by atoms with Gasteiger partial charge in [0.05, 0.1) is 12.6 Å². The van der Waals surface area contributed by atoms with Crippen molar-refractivity contribution in [1.82, 2.24) is 4.98 Å². The van der Waals surface area contributed by atoms with Crippen molar-refractivity contribution >= 4 is 22.4 Å². The van der Waals surface area contributed by atoms with Crippen LogP contribution in [0.4, 0.5) is 5.13 Å². The third-order valence-corrected chi connectivity index (χ3v) is 4.52. The van der Waals surface area contributed by atoms with Crippen molar-refractivity contribution < 1.29 is 9.53 Å². The Morgan fingerprint density at radius 2 is 2.33 bits per heavy atom. The molecule has 1 fully saturated rings. The molecule has 1 aromatic heterocycles. The summed E-state index contributed by atoms with van der Waals surface area (Å²) in [6.45, 7) is 2.21. The summed E-state index contributed by atoms with van der Waals surface area (Å²) in [7, 11) is 0. The van der Waals surface area contributed by atoms with Gasteiger partial charge < -0.3 is 4.74 Å². The van der Waals surface area contributed by atoms with E-state index in [1.54, 1.807) is 11.1 Å². The predicted molar refractivity (Wildman–Crippen MR) is 85.3 cm³/mol. The molecule has 0 spiro atoms. The van der Waals surface area contributed by atoms with Gasteiger partial charge in [0.15, 0.2) is 5.13 Å². The van der Waals surface area contributed by atoms with Gasteiger partial charge in [-0.3, -0.25) is 9.69 Å². The highest BCUT2D eigenvalue weighted by atomic mass is 32.1. The highest BCUT2D eigenvalue weighted by molar-refractivity contribution is 7.13. The number of anilines is 1. The number of hydrogen-bond acceptors (Lipinski definition) is 4. The number of nitrogens with zero attached hydrogens (tertiary/aromatic N) is 2. The summed E-state index contributed by atoms with van der Waals surface area (Å²) >= 11 is 1.42. The molecular formula is C16H22N2O2S. The van der Waals surface area contributed by atoms with Crippen molar-refractivity contribution in [2.45, 2.75) is 57.7 Å². The standard InChI is InChI=1S/C16H22N2O2S/c1-3-11-18(16-17-10-12-21-16)15(19)14(4-2)20-13-8-6-5-7-9-13/h1,10,12-14H,4-9,11H2,2H3. The lowest BCUT2D eigenvalue weighted by molar-refractivity contribution is -0.135. The summed E-state index contributed by atoms with van der Waals surface area (Å²) < 4.78 is 6.04. The van der Waals surface area contributed by atoms with Gasteiger partial charge in [0.2, 0.25) is 0 Å². The molecule has 0 N–H and O–H groups in total. The minimum Gasteiger partial charge on any atom is -0.365 e. The Bertz CT molecular complexity index is 475. The summed E-state index contributed by atoms with van der Waals surface area (Å²) in [4.78, 5) is 18.5. The van der Waals surface area contributed by atoms with Crippen molar-refractivity contribution in [3.63, 3.8) is 0 Å². The van der Waals surface area contributed by atoms with Gasteiger partial charge in [-0.25, -0.2) is 4.98 Å². The molecule has 0 bridgehead atoms. The van der Waals surface area contributed by atoms with E-state index in [9.17, 15) is 4.79 Å². The maximum absolute atomic E-state index is 12.7. The zero-order valence-corrected chi connectivity index (χ0v) is 13.3. The van der Waals surface area contributed by atoms with Gasteiger partial charge in [0, 0.05) is 11.6 Å². The second kappa shape index (κ2) is 8.16. The summed E-state index contributed by atoms with van der Waals surface area (Å²) in [5.41, 5.74) is 0. The summed E-state index contributed by atoms with van der Waals surface area (Å²) in [6, 6.07) is 0. The van der Waals surface area contributed by atoms with Crippen molar-refractivity contribution in [1.29, 1.82) is 0 Å². The van der Waals surface area contributed by atoms with Crippen LogP contribution in [-0.2, 0) is 9.53 Å². The summed E-state index contributed by atoms with van der Waals surface area (Å²) in [5.74, 6) is 2.46. The molecule has 1 unspecified atom stereocenters. The van der Waals surface area contributed by atoms with E-state index in [1.807, 2.05) is 12.3 Å². The molecule has 114 valence electrons. The number of rotatable bonds is 6. The van der Waals surface area contributed by atoms with Crippen LogP contribution in [0.1, 0.15) is 45.4 Å². The van der Waals surface area contributed by atoms with E-state index in [1.165, 1.54) is 30.6 Å². The fraction of sp³-hybridized carbons (Fsp3) is 0.625. The molecule has 1 aliphatic rings. The first kappa shape index (κ1) is 16.0. The van der Waals surface area contributed by atoms with Crippen LogP contribution < -0.4 is 4.90 Å². The van der Waals surface area contributed by atoms with E-state index in [0.29, 0.717) is 11.6 Å². The molecule has 21 heavy (non-hydrogen) atoms. The van der Waals surface area contributed by atoms with Crippen LogP contribution in [0.2, 0.25) is 0 Å². The molecule has 1 aliphatic carbocycles. The number of terminal acetylenes is 1. The maximum atomic E-state index is 12.7. The smallest absolute Gasteiger partial charge is 0.258 e. The van der Waals surface area contributed by atoms with Crippen molar-refractivity contribution in [2.24, 2.45) is 0 Å². The van der Waals surface area contributed by atoms with Crippen LogP contribution in [0.15, 0.2) is 11.6 Å². The molecule has 1 atom stereocenters. The van der Waals surface area contributed by atoms with Crippen LogP contribution in [-0.4, -0.2) is 29.6 Å². The largest absolute Gasteiger partial charge is 0.365 e. The number of carbonyl (C=O) groups is 1. The SMILES string of the molecule is C#CCN(C(=O)C(CC)OC1CCCCC1)c1nccs1. The van der Waals surface area contributed by atoms with E-state index in [0.717, 1.165) is 12.8 Å². The Morgan fingerprint density at radius 1 is 1.57 bits per heavy atom. The highest BCUT2D eigenvalue weighted by Gasteiger charge is 2.28. The van der Waals surface area contributed by atoms with E-state index >= 15 is 0 Å². The summed E-state index contributed by atoms with van der Waals surface area (Å²) in [5, 5.41) is 2.48. The lowest BCUT2D eigenvalue weighted by Crippen LogP contribution is -2.42. The topological polar surface area (TPSA) is 42.4 Å². The van der Waals surface area contributed by atoms with Crippen LogP contribution in [0.3, 0.4) is 0 Å². The third-order valence-electron chi connectivity index (χ3n) is 3.72. The zero-order chi connectivity index (χ0) is 15.1. The number of amides is 1. The Balaban J connectivity index is 2.04. The van der Waals surface area contributed by atoms with Crippen molar-refractivity contribution in [3.05, 3.63) is 11.6 Å². The van der Waals surface area contributed by atoms with E-state index in [4.69, 9.17) is 11.2 Å². The second-order valence-corrected chi connectivity index (χ2v) is 6.11. The normalized spacial score (nSPS) is 17.1. The highest BCUT2D eigenvalue weighted by Crippen LogP contribution is 2.24. The van der Waals surface area contributed by atoms with Gasteiger partial charge in [-0.05, 0) is 19.3 Å². The number of ether oxygens (including phenoxy) is 1. The minimum atomic E-state index is -0.426. The number of aromatic nitrogens is 1. The lowest BCUT2D eigenvalue weighted by Gasteiger charge is -2.29. The fourth-order valence-electron chi connectivity index (χ4n) is 2.62. The molecule has 1 saturated carbocycles. The monoisotopic (exact) mass is 306 g/mol. The van der Waals surface area contributed by atoms with Gasteiger partial charge in [-0.15, -0.1) is 17.8 Å². The Morgan fingerprint density at radius 3 is 2.90 bits per heavy atom. The maximum Gasteiger partial charge on any atom is 0.258 e. The molecule has 5 heteroatoms. The van der Waals surface area contributed by atoms with Crippen LogP contribution in [0.25, 0.3) is 0 Å². The van der Waals surface area contributed by atoms with Gasteiger partial charge in [0.25, 0.3) is 5.91 Å². The van der Waals surface area contributed by atoms with Crippen LogP contribution >= 0.6 is 11.3 Å². The Hall–Kier alpha value is -1.38. The quantitative estimate of drug-likeness (QED) is 0.758. The molecular weight excluding hydrogens is 284 g/mol. The van der Waals surface area contributed by atoms with E-state index in [2.05, 4.69) is 10.9 Å². The molecule has 4 nitrogen and oxygen atoms in total. The van der Waals surface area contributed by atoms with Crippen LogP contribution in [0.5, 0.6) is 0 Å². The predicted octanol–water partition coefficient (Wildman–Crippen LogP) is 3.24. The molecule has 0 saturated heterocycles. The third kappa shape index (κ3) is 4.29. The molecule has 0 radical (unpaired) electrons. The summed E-state index contributed by atoms with van der Waals surface area (Å²) in [6.07, 6.45) is 13.3. The minimum absolute atomic E-state index is 0.0732. The number of carbonyl (C=O) groups excluding carboxylic acids is 1. The number of thiazole rings is 1. The molecule has 1 aromatic rings. The van der Waals surface area contributed by atoms with Crippen LogP contribution in [0, 0.1) is 12.3 Å². The van der Waals surface area contributed by atoms with Gasteiger partial charge in [-0.1, -0.05) is 32.1 Å². The Labute approximate surface area is 130 Å². The van der Waals surface area contributed by atoms with Gasteiger partial charge in [0.1, 0.15) is 6.10 Å². The van der Waals surface area contributed by atoms with E-state index in [-0.39, 0.29) is 18.6 Å². The molecule has 2 rings (SSSR count). The average Bonchev–Trinajstić information content (AvgIpc) is 3.04. The first-order chi connectivity index (χ1) is 10.3. The zero-order valence-electron chi connectivity index (χ0n) is 12.5. The lowest BCUT2D eigenvalue weighted by atomic mass is 9.97. The van der Waals surface area contributed by atoms with Gasteiger partial charge in [-0.2, -0.15) is 0 Å². The van der Waals surface area contributed by atoms with Crippen molar-refractivity contribution in [3.8, 4) is 12.3 Å².